The molecule has 9 nitrogen and oxygen atoms in total. The SMILES string of the molecule is Cc1nc2cnc(C#N)cc2c(=O)n1CCOc1ccc(Cl)cc1-c1ccnc(C(=O)O)c1. The first kappa shape index (κ1) is 21.9. The first-order valence-electron chi connectivity index (χ1n) is 9.76. The van der Waals surface area contributed by atoms with Crippen molar-refractivity contribution < 1.29 is 14.6 Å². The molecule has 0 aliphatic heterocycles. The Labute approximate surface area is 192 Å². The van der Waals surface area contributed by atoms with Gasteiger partial charge in [-0.3, -0.25) is 9.36 Å². The van der Waals surface area contributed by atoms with E-state index in [-0.39, 0.29) is 30.1 Å². The molecule has 0 fully saturated rings. The van der Waals surface area contributed by atoms with Gasteiger partial charge in [0.25, 0.3) is 5.56 Å². The third-order valence-electron chi connectivity index (χ3n) is 4.95. The van der Waals surface area contributed by atoms with Gasteiger partial charge in [0.1, 0.15) is 35.6 Å². The number of nitriles is 1. The van der Waals surface area contributed by atoms with Gasteiger partial charge in [-0.2, -0.15) is 5.26 Å². The lowest BCUT2D eigenvalue weighted by molar-refractivity contribution is 0.0690. The Morgan fingerprint density at radius 1 is 1.24 bits per heavy atom. The zero-order valence-electron chi connectivity index (χ0n) is 17.3. The summed E-state index contributed by atoms with van der Waals surface area (Å²) in [5.74, 6) is -0.189. The van der Waals surface area contributed by atoms with Gasteiger partial charge in [-0.1, -0.05) is 11.6 Å². The van der Waals surface area contributed by atoms with Crippen LogP contribution >= 0.6 is 11.6 Å². The molecule has 0 saturated carbocycles. The van der Waals surface area contributed by atoms with Crippen molar-refractivity contribution in [2.45, 2.75) is 13.5 Å². The number of rotatable bonds is 6. The highest BCUT2D eigenvalue weighted by atomic mass is 35.5. The zero-order valence-corrected chi connectivity index (χ0v) is 18.1. The highest BCUT2D eigenvalue weighted by molar-refractivity contribution is 6.31. The van der Waals surface area contributed by atoms with Crippen molar-refractivity contribution in [2.24, 2.45) is 0 Å². The van der Waals surface area contributed by atoms with Crippen molar-refractivity contribution in [1.82, 2.24) is 19.5 Å². The summed E-state index contributed by atoms with van der Waals surface area (Å²) in [7, 11) is 0. The maximum absolute atomic E-state index is 12.9. The monoisotopic (exact) mass is 461 g/mol. The highest BCUT2D eigenvalue weighted by Gasteiger charge is 2.13. The van der Waals surface area contributed by atoms with Gasteiger partial charge >= 0.3 is 5.97 Å². The molecule has 0 saturated heterocycles. The van der Waals surface area contributed by atoms with E-state index in [2.05, 4.69) is 15.0 Å². The van der Waals surface area contributed by atoms with Crippen LogP contribution in [0.5, 0.6) is 5.75 Å². The molecule has 33 heavy (non-hydrogen) atoms. The third kappa shape index (κ3) is 4.51. The van der Waals surface area contributed by atoms with E-state index in [0.717, 1.165) is 0 Å². The minimum absolute atomic E-state index is 0.103. The van der Waals surface area contributed by atoms with E-state index in [1.54, 1.807) is 31.2 Å². The van der Waals surface area contributed by atoms with E-state index >= 15 is 0 Å². The molecule has 0 spiro atoms. The van der Waals surface area contributed by atoms with E-state index in [1.165, 1.54) is 29.1 Å². The number of hydrogen-bond donors (Lipinski definition) is 1. The summed E-state index contributed by atoms with van der Waals surface area (Å²) >= 11 is 6.15. The lowest BCUT2D eigenvalue weighted by Crippen LogP contribution is -2.26. The van der Waals surface area contributed by atoms with Gasteiger partial charge in [0, 0.05) is 16.8 Å². The number of aromatic carboxylic acids is 1. The molecule has 3 heterocycles. The Hall–Kier alpha value is -4.29. The summed E-state index contributed by atoms with van der Waals surface area (Å²) in [6.45, 7) is 2.05. The van der Waals surface area contributed by atoms with Crippen LogP contribution in [0.2, 0.25) is 5.02 Å². The number of hydrogen-bond acceptors (Lipinski definition) is 7. The number of carboxylic acids is 1. The Balaban J connectivity index is 1.62. The van der Waals surface area contributed by atoms with Crippen LogP contribution in [0.25, 0.3) is 22.0 Å². The molecule has 164 valence electrons. The standard InChI is InChI=1S/C23H16ClN5O4/c1-13-28-20-12-27-16(11-25)10-18(20)22(30)29(13)6-7-33-21-3-2-15(24)9-17(21)14-4-5-26-19(8-14)23(31)32/h2-5,8-10,12H,6-7H2,1H3,(H,31,32). The van der Waals surface area contributed by atoms with E-state index in [4.69, 9.17) is 21.6 Å². The predicted molar refractivity (Wildman–Crippen MR) is 120 cm³/mol. The van der Waals surface area contributed by atoms with Gasteiger partial charge in [-0.05, 0) is 48.9 Å². The van der Waals surface area contributed by atoms with Crippen LogP contribution in [-0.4, -0.2) is 37.2 Å². The van der Waals surface area contributed by atoms with Crippen molar-refractivity contribution >= 4 is 28.5 Å². The second kappa shape index (κ2) is 9.06. The largest absolute Gasteiger partial charge is 0.491 e. The fourth-order valence-electron chi connectivity index (χ4n) is 3.38. The maximum atomic E-state index is 12.9. The summed E-state index contributed by atoms with van der Waals surface area (Å²) in [6, 6.07) is 11.4. The molecule has 4 aromatic rings. The summed E-state index contributed by atoms with van der Waals surface area (Å²) in [5.41, 5.74) is 1.33. The molecule has 0 unspecified atom stereocenters. The molecule has 0 aliphatic carbocycles. The lowest BCUT2D eigenvalue weighted by Gasteiger charge is -2.15. The number of aromatic nitrogens is 4. The van der Waals surface area contributed by atoms with Crippen molar-refractivity contribution in [1.29, 1.82) is 5.26 Å². The Kier molecular flexibility index (Phi) is 6.02. The third-order valence-corrected chi connectivity index (χ3v) is 5.19. The molecule has 0 radical (unpaired) electrons. The molecular formula is C23H16ClN5O4. The smallest absolute Gasteiger partial charge is 0.354 e. The normalized spacial score (nSPS) is 10.7. The van der Waals surface area contributed by atoms with Crippen molar-refractivity contribution in [3.05, 3.63) is 81.4 Å². The lowest BCUT2D eigenvalue weighted by atomic mass is 10.0. The Morgan fingerprint density at radius 3 is 2.82 bits per heavy atom. The van der Waals surface area contributed by atoms with Gasteiger partial charge < -0.3 is 9.84 Å². The molecule has 1 aromatic carbocycles. The highest BCUT2D eigenvalue weighted by Crippen LogP contribution is 2.33. The number of nitrogens with zero attached hydrogens (tertiary/aromatic N) is 5. The minimum Gasteiger partial charge on any atom is -0.491 e. The van der Waals surface area contributed by atoms with Crippen molar-refractivity contribution in [3.8, 4) is 22.9 Å². The summed E-state index contributed by atoms with van der Waals surface area (Å²) < 4.78 is 7.41. The van der Waals surface area contributed by atoms with Crippen LogP contribution in [-0.2, 0) is 6.54 Å². The quantitative estimate of drug-likeness (QED) is 0.461. The number of fused-ring (bicyclic) bond motifs is 1. The average Bonchev–Trinajstić information content (AvgIpc) is 2.81. The van der Waals surface area contributed by atoms with Gasteiger partial charge in [0.05, 0.1) is 23.6 Å². The molecule has 4 rings (SSSR count). The number of carboxylic acid groups (broad SMARTS) is 1. The first-order valence-corrected chi connectivity index (χ1v) is 10.1. The van der Waals surface area contributed by atoms with Gasteiger partial charge in [0.15, 0.2) is 0 Å². The van der Waals surface area contributed by atoms with Gasteiger partial charge in [-0.15, -0.1) is 0 Å². The van der Waals surface area contributed by atoms with Crippen LogP contribution in [0.15, 0.2) is 53.6 Å². The van der Waals surface area contributed by atoms with Gasteiger partial charge in [-0.25, -0.2) is 19.7 Å². The van der Waals surface area contributed by atoms with Crippen LogP contribution in [0.1, 0.15) is 22.0 Å². The minimum atomic E-state index is -1.14. The number of aryl methyl sites for hydroxylation is 1. The van der Waals surface area contributed by atoms with E-state index < -0.39 is 5.97 Å². The number of pyridine rings is 2. The first-order chi connectivity index (χ1) is 15.9. The molecule has 3 aromatic heterocycles. The Bertz CT molecular complexity index is 1490. The number of halogens is 1. The van der Waals surface area contributed by atoms with Crippen molar-refractivity contribution in [2.75, 3.05) is 6.61 Å². The van der Waals surface area contributed by atoms with Crippen LogP contribution in [0, 0.1) is 18.3 Å². The molecule has 0 aliphatic rings. The van der Waals surface area contributed by atoms with Crippen molar-refractivity contribution in [3.63, 3.8) is 0 Å². The van der Waals surface area contributed by atoms with E-state index in [9.17, 15) is 14.7 Å². The molecule has 0 bridgehead atoms. The molecule has 1 N–H and O–H groups in total. The van der Waals surface area contributed by atoms with E-state index in [1.807, 2.05) is 6.07 Å². The molecule has 10 heteroatoms. The summed E-state index contributed by atoms with van der Waals surface area (Å²) in [5, 5.41) is 19.0. The molecular weight excluding hydrogens is 446 g/mol. The van der Waals surface area contributed by atoms with E-state index in [0.29, 0.717) is 38.6 Å². The maximum Gasteiger partial charge on any atom is 0.354 e. The summed E-state index contributed by atoms with van der Waals surface area (Å²) in [6.07, 6.45) is 2.81. The number of benzene rings is 1. The predicted octanol–water partition coefficient (Wildman–Crippen LogP) is 3.46. The number of ether oxygens (including phenoxy) is 1. The number of carbonyl (C=O) groups is 1. The second-order valence-corrected chi connectivity index (χ2v) is 7.47. The average molecular weight is 462 g/mol. The zero-order chi connectivity index (χ0) is 23.5. The fraction of sp³-hybridized carbons (Fsp3) is 0.130. The Morgan fingerprint density at radius 2 is 2.06 bits per heavy atom. The van der Waals surface area contributed by atoms with Crippen LogP contribution < -0.4 is 10.3 Å². The topological polar surface area (TPSA) is 131 Å². The molecule has 0 atom stereocenters. The van der Waals surface area contributed by atoms with Crippen LogP contribution in [0.4, 0.5) is 0 Å². The molecule has 0 amide bonds. The van der Waals surface area contributed by atoms with Gasteiger partial charge in [0.2, 0.25) is 0 Å². The summed E-state index contributed by atoms with van der Waals surface area (Å²) in [4.78, 5) is 36.4. The second-order valence-electron chi connectivity index (χ2n) is 7.04. The fourth-order valence-corrected chi connectivity index (χ4v) is 3.55. The van der Waals surface area contributed by atoms with Crippen LogP contribution in [0.3, 0.4) is 0 Å².